The van der Waals surface area contributed by atoms with Crippen LogP contribution in [0, 0.1) is 41.8 Å². The molecule has 6 heterocycles. The number of piperidine rings is 1. The first-order valence-corrected chi connectivity index (χ1v) is 18.3. The third kappa shape index (κ3) is 4.69. The van der Waals surface area contributed by atoms with Crippen molar-refractivity contribution in [3.63, 3.8) is 0 Å². The molecule has 6 atom stereocenters. The first kappa shape index (κ1) is 32.0. The molecular formula is C38H37Cl2FN6O3. The fourth-order valence-electron chi connectivity index (χ4n) is 9.59. The van der Waals surface area contributed by atoms with Gasteiger partial charge in [0.05, 0.1) is 46.9 Å². The van der Waals surface area contributed by atoms with Crippen LogP contribution in [-0.2, 0) is 16.0 Å². The highest BCUT2D eigenvalue weighted by molar-refractivity contribution is 6.43. The topological polar surface area (TPSA) is 103 Å². The van der Waals surface area contributed by atoms with Gasteiger partial charge in [-0.05, 0) is 68.7 Å². The Morgan fingerprint density at radius 2 is 1.96 bits per heavy atom. The molecule has 4 aliphatic heterocycles. The molecule has 12 heteroatoms. The molecule has 0 spiro atoms. The van der Waals surface area contributed by atoms with Crippen molar-refractivity contribution < 1.29 is 18.7 Å². The molecule has 50 heavy (non-hydrogen) atoms. The molecule has 2 aliphatic carbocycles. The minimum absolute atomic E-state index is 0.0144. The molecule has 4 aromatic rings. The smallest absolute Gasteiger partial charge is 0.409 e. The van der Waals surface area contributed by atoms with E-state index in [-0.39, 0.29) is 65.0 Å². The lowest BCUT2D eigenvalue weighted by molar-refractivity contribution is -0.135. The SMILES string of the molecule is COC(=O)N1CC2CC(C1)N(C(=O)C1CC1)C2c1cc2c(C)nc3c(F)c(-c4cccc(Cl)c4Cl)c(CCC#N)cc3c2n1C1C2CNC1C2. The molecule has 4 saturated heterocycles. The van der Waals surface area contributed by atoms with E-state index in [1.165, 1.54) is 7.11 Å². The van der Waals surface area contributed by atoms with Gasteiger partial charge in [-0.2, -0.15) is 5.26 Å². The van der Waals surface area contributed by atoms with E-state index in [1.54, 1.807) is 23.1 Å². The fraction of sp³-hybridized carbons (Fsp3) is 0.474. The number of nitrogens with one attached hydrogen (secondary N) is 1. The van der Waals surface area contributed by atoms with Crippen molar-refractivity contribution in [3.8, 4) is 17.2 Å². The largest absolute Gasteiger partial charge is 0.453 e. The number of methoxy groups -OCH3 is 1. The molecule has 258 valence electrons. The van der Waals surface area contributed by atoms with Gasteiger partial charge in [0.2, 0.25) is 5.91 Å². The highest BCUT2D eigenvalue weighted by atomic mass is 35.5. The Hall–Kier alpha value is -3.91. The van der Waals surface area contributed by atoms with E-state index in [0.29, 0.717) is 58.2 Å². The second-order valence-electron chi connectivity index (χ2n) is 14.8. The molecule has 6 fully saturated rings. The van der Waals surface area contributed by atoms with E-state index in [1.807, 2.05) is 13.0 Å². The summed E-state index contributed by atoms with van der Waals surface area (Å²) in [7, 11) is 1.40. The Kier molecular flexibility index (Phi) is 7.58. The van der Waals surface area contributed by atoms with Crippen LogP contribution in [0.4, 0.5) is 9.18 Å². The zero-order chi connectivity index (χ0) is 34.6. The van der Waals surface area contributed by atoms with Gasteiger partial charge in [-0.1, -0.05) is 35.3 Å². The summed E-state index contributed by atoms with van der Waals surface area (Å²) in [5.74, 6) is 0.0899. The number of hydrogen-bond donors (Lipinski definition) is 1. The summed E-state index contributed by atoms with van der Waals surface area (Å²) in [5.41, 5.74) is 4.28. The lowest BCUT2D eigenvalue weighted by Gasteiger charge is -2.40. The molecule has 2 saturated carbocycles. The minimum atomic E-state index is -0.496. The predicted octanol–water partition coefficient (Wildman–Crippen LogP) is 7.35. The van der Waals surface area contributed by atoms with Crippen molar-refractivity contribution >= 4 is 57.0 Å². The molecule has 2 amide bonds. The zero-order valence-corrected chi connectivity index (χ0v) is 29.4. The van der Waals surface area contributed by atoms with E-state index >= 15 is 4.39 Å². The summed E-state index contributed by atoms with van der Waals surface area (Å²) < 4.78 is 24.7. The maximum atomic E-state index is 17.2. The van der Waals surface area contributed by atoms with Gasteiger partial charge in [0, 0.05) is 77.2 Å². The molecule has 2 aromatic heterocycles. The number of halogens is 3. The first-order valence-electron chi connectivity index (χ1n) is 17.6. The molecule has 9 nitrogen and oxygen atoms in total. The molecular weight excluding hydrogens is 678 g/mol. The molecule has 6 unspecified atom stereocenters. The zero-order valence-electron chi connectivity index (χ0n) is 27.9. The van der Waals surface area contributed by atoms with Crippen molar-refractivity contribution in [1.82, 2.24) is 24.7 Å². The maximum Gasteiger partial charge on any atom is 0.409 e. The Balaban J connectivity index is 1.31. The van der Waals surface area contributed by atoms with Crippen molar-refractivity contribution in [2.45, 2.75) is 69.6 Å². The summed E-state index contributed by atoms with van der Waals surface area (Å²) in [4.78, 5) is 35.7. The number of nitrogens with zero attached hydrogens (tertiary/aromatic N) is 5. The molecule has 2 aromatic carbocycles. The highest BCUT2D eigenvalue weighted by Crippen LogP contribution is 2.54. The Bertz CT molecular complexity index is 2150. The van der Waals surface area contributed by atoms with E-state index in [2.05, 4.69) is 26.9 Å². The Morgan fingerprint density at radius 3 is 2.66 bits per heavy atom. The number of rotatable bonds is 6. The van der Waals surface area contributed by atoms with Crippen molar-refractivity contribution in [3.05, 3.63) is 63.1 Å². The predicted molar refractivity (Wildman–Crippen MR) is 188 cm³/mol. The second kappa shape index (κ2) is 11.8. The van der Waals surface area contributed by atoms with Gasteiger partial charge in [-0.25, -0.2) is 14.2 Å². The summed E-state index contributed by atoms with van der Waals surface area (Å²) in [6.07, 6.45) is 3.78. The number of ether oxygens (including phenoxy) is 1. The quantitative estimate of drug-likeness (QED) is 0.224. The van der Waals surface area contributed by atoms with Crippen LogP contribution < -0.4 is 5.32 Å². The summed E-state index contributed by atoms with van der Waals surface area (Å²) in [6.45, 7) is 3.75. The van der Waals surface area contributed by atoms with Crippen LogP contribution in [0.1, 0.15) is 61.1 Å². The van der Waals surface area contributed by atoms with Crippen LogP contribution in [-0.4, -0.2) is 70.2 Å². The molecule has 4 bridgehead atoms. The van der Waals surface area contributed by atoms with Crippen LogP contribution in [0.3, 0.4) is 0 Å². The lowest BCUT2D eigenvalue weighted by Crippen LogP contribution is -2.47. The van der Waals surface area contributed by atoms with Crippen molar-refractivity contribution in [2.75, 3.05) is 26.7 Å². The number of amides is 2. The minimum Gasteiger partial charge on any atom is -0.453 e. The van der Waals surface area contributed by atoms with Gasteiger partial charge >= 0.3 is 6.09 Å². The number of carbonyl (C=O) groups excluding carboxylic acids is 2. The van der Waals surface area contributed by atoms with Crippen molar-refractivity contribution in [2.24, 2.45) is 17.8 Å². The summed E-state index contributed by atoms with van der Waals surface area (Å²) in [6, 6.07) is 11.6. The number of nitriles is 1. The number of hydrogen-bond acceptors (Lipinski definition) is 6. The monoisotopic (exact) mass is 714 g/mol. The average molecular weight is 716 g/mol. The third-order valence-corrected chi connectivity index (χ3v) is 12.8. The van der Waals surface area contributed by atoms with E-state index in [0.717, 1.165) is 48.8 Å². The van der Waals surface area contributed by atoms with E-state index in [4.69, 9.17) is 32.9 Å². The van der Waals surface area contributed by atoms with Gasteiger partial charge < -0.3 is 24.4 Å². The number of fused-ring (bicyclic) bond motifs is 6. The number of benzene rings is 2. The normalized spacial score (nSPS) is 26.8. The van der Waals surface area contributed by atoms with E-state index < -0.39 is 5.82 Å². The number of likely N-dealkylation sites (tertiary alicyclic amines) is 2. The standard InChI is InChI=1S/C38H37Cl2FN6O3/c1-18-25-14-29(35-22-11-23(17-45(16-22)38(49)50-2)46(35)37(48)19-8-9-19)47(34-21-13-28(34)43-15-21)36(25)26-12-20(5-4-10-42)30(32(41)33(26)44-18)24-6-3-7-27(39)31(24)40/h3,6-7,12,14,19,21-23,28,34-35,43H,4-5,8-9,11,13,15-17H2,1-2H3. The number of pyridine rings is 1. The summed E-state index contributed by atoms with van der Waals surface area (Å²) in [5, 5.41) is 15.4. The van der Waals surface area contributed by atoms with Crippen molar-refractivity contribution in [1.29, 1.82) is 5.26 Å². The van der Waals surface area contributed by atoms with Crippen LogP contribution in [0.5, 0.6) is 0 Å². The van der Waals surface area contributed by atoms with Crippen LogP contribution in [0.25, 0.3) is 32.9 Å². The van der Waals surface area contributed by atoms with Gasteiger partial charge in [0.15, 0.2) is 5.82 Å². The molecule has 1 N–H and O–H groups in total. The maximum absolute atomic E-state index is 17.2. The van der Waals surface area contributed by atoms with Crippen LogP contribution in [0.2, 0.25) is 10.0 Å². The highest BCUT2D eigenvalue weighted by Gasteiger charge is 2.55. The van der Waals surface area contributed by atoms with Gasteiger partial charge in [0.1, 0.15) is 5.52 Å². The Morgan fingerprint density at radius 1 is 1.14 bits per heavy atom. The van der Waals surface area contributed by atoms with Gasteiger partial charge in [0.25, 0.3) is 0 Å². The van der Waals surface area contributed by atoms with Crippen LogP contribution in [0.15, 0.2) is 30.3 Å². The number of aryl methyl sites for hydroxylation is 2. The van der Waals surface area contributed by atoms with Gasteiger partial charge in [-0.15, -0.1) is 0 Å². The first-order chi connectivity index (χ1) is 24.2. The molecule has 6 aliphatic rings. The lowest BCUT2D eigenvalue weighted by atomic mass is 9.79. The fourth-order valence-corrected chi connectivity index (χ4v) is 9.98. The third-order valence-electron chi connectivity index (χ3n) is 11.9. The second-order valence-corrected chi connectivity index (χ2v) is 15.6. The van der Waals surface area contributed by atoms with E-state index in [9.17, 15) is 14.9 Å². The molecule has 0 radical (unpaired) electrons. The van der Waals surface area contributed by atoms with Gasteiger partial charge in [-0.3, -0.25) is 4.79 Å². The van der Waals surface area contributed by atoms with Crippen LogP contribution >= 0.6 is 23.2 Å². The number of aromatic nitrogens is 2. The average Bonchev–Trinajstić information content (AvgIpc) is 3.39. The number of carbonyl (C=O) groups is 2. The Labute approximate surface area is 299 Å². The molecule has 10 rings (SSSR count). The summed E-state index contributed by atoms with van der Waals surface area (Å²) >= 11 is 13.1.